The van der Waals surface area contributed by atoms with Gasteiger partial charge >= 0.3 is 0 Å². The summed E-state index contributed by atoms with van der Waals surface area (Å²) in [5, 5.41) is 1.06. The van der Waals surface area contributed by atoms with Crippen LogP contribution in [0.15, 0.2) is 0 Å². The average Bonchev–Trinajstić information content (AvgIpc) is 2.95. The van der Waals surface area contributed by atoms with Gasteiger partial charge in [0.25, 0.3) is 0 Å². The molecule has 2 N–H and O–H groups in total. The molecule has 0 amide bonds. The lowest BCUT2D eigenvalue weighted by Gasteiger charge is -2.20. The van der Waals surface area contributed by atoms with Crippen LogP contribution < -0.4 is 10.6 Å². The van der Waals surface area contributed by atoms with E-state index < -0.39 is 0 Å². The van der Waals surface area contributed by atoms with Gasteiger partial charge < -0.3 is 15.4 Å². The molecule has 1 aliphatic rings. The number of thiazole rings is 1. The normalized spacial score (nSPS) is 19.9. The third-order valence-corrected chi connectivity index (χ3v) is 4.60. The molecule has 2 heterocycles. The largest absolute Gasteiger partial charge is 0.376 e. The first-order valence-electron chi connectivity index (χ1n) is 6.95. The standard InChI is InChI=1S/C14H25N3OS/c1-14(2,3)12-11(8-15)19-13(16-12)17(4)9-10-6-5-7-18-10/h10H,5-9,15H2,1-4H3. The molecule has 1 aromatic rings. The number of nitrogens with two attached hydrogens (primary N) is 1. The first-order chi connectivity index (χ1) is 8.91. The minimum Gasteiger partial charge on any atom is -0.376 e. The lowest BCUT2D eigenvalue weighted by Crippen LogP contribution is -2.28. The molecule has 1 fully saturated rings. The predicted octanol–water partition coefficient (Wildman–Crippen LogP) is 2.51. The molecule has 108 valence electrons. The van der Waals surface area contributed by atoms with Crippen LogP contribution in [0.4, 0.5) is 5.13 Å². The van der Waals surface area contributed by atoms with Gasteiger partial charge in [-0.2, -0.15) is 0 Å². The molecule has 5 heteroatoms. The van der Waals surface area contributed by atoms with E-state index in [-0.39, 0.29) is 5.41 Å². The van der Waals surface area contributed by atoms with E-state index >= 15 is 0 Å². The third kappa shape index (κ3) is 3.46. The van der Waals surface area contributed by atoms with Crippen LogP contribution in [0.5, 0.6) is 0 Å². The van der Waals surface area contributed by atoms with Gasteiger partial charge in [0, 0.05) is 37.0 Å². The van der Waals surface area contributed by atoms with Crippen molar-refractivity contribution in [3.8, 4) is 0 Å². The Morgan fingerprint density at radius 2 is 2.21 bits per heavy atom. The van der Waals surface area contributed by atoms with Crippen LogP contribution in [0.25, 0.3) is 0 Å². The van der Waals surface area contributed by atoms with Gasteiger partial charge in [-0.1, -0.05) is 20.8 Å². The van der Waals surface area contributed by atoms with E-state index in [1.165, 1.54) is 11.3 Å². The Kier molecular flexibility index (Phi) is 4.48. The first kappa shape index (κ1) is 14.8. The van der Waals surface area contributed by atoms with Crippen molar-refractivity contribution in [3.63, 3.8) is 0 Å². The highest BCUT2D eigenvalue weighted by Gasteiger charge is 2.25. The quantitative estimate of drug-likeness (QED) is 0.922. The summed E-state index contributed by atoms with van der Waals surface area (Å²) in [5.74, 6) is 0. The molecule has 0 bridgehead atoms. The number of rotatable bonds is 4. The number of nitrogens with zero attached hydrogens (tertiary/aromatic N) is 2. The molecule has 0 radical (unpaired) electrons. The smallest absolute Gasteiger partial charge is 0.185 e. The van der Waals surface area contributed by atoms with Crippen molar-refractivity contribution in [1.82, 2.24) is 4.98 Å². The highest BCUT2D eigenvalue weighted by atomic mass is 32.1. The number of ether oxygens (including phenoxy) is 1. The third-order valence-electron chi connectivity index (χ3n) is 3.41. The van der Waals surface area contributed by atoms with Gasteiger partial charge in [-0.15, -0.1) is 11.3 Å². The fraction of sp³-hybridized carbons (Fsp3) is 0.786. The zero-order valence-electron chi connectivity index (χ0n) is 12.4. The zero-order chi connectivity index (χ0) is 14.0. The van der Waals surface area contributed by atoms with Crippen LogP contribution in [0.2, 0.25) is 0 Å². The fourth-order valence-electron chi connectivity index (χ4n) is 2.40. The fourth-order valence-corrected chi connectivity index (χ4v) is 3.52. The summed E-state index contributed by atoms with van der Waals surface area (Å²) >= 11 is 1.71. The van der Waals surface area contributed by atoms with Crippen molar-refractivity contribution in [2.45, 2.75) is 51.7 Å². The van der Waals surface area contributed by atoms with Crippen LogP contribution in [0.1, 0.15) is 44.2 Å². The summed E-state index contributed by atoms with van der Waals surface area (Å²) in [5.41, 5.74) is 7.03. The molecule has 0 saturated carbocycles. The Balaban J connectivity index is 2.13. The molecule has 1 atom stereocenters. The summed E-state index contributed by atoms with van der Waals surface area (Å²) in [6, 6.07) is 0. The molecular weight excluding hydrogens is 258 g/mol. The zero-order valence-corrected chi connectivity index (χ0v) is 13.2. The van der Waals surface area contributed by atoms with Gasteiger partial charge in [-0.3, -0.25) is 0 Å². The van der Waals surface area contributed by atoms with Crippen molar-refractivity contribution >= 4 is 16.5 Å². The lowest BCUT2D eigenvalue weighted by atomic mass is 9.91. The van der Waals surface area contributed by atoms with Crippen LogP contribution in [0.3, 0.4) is 0 Å². The van der Waals surface area contributed by atoms with E-state index in [2.05, 4.69) is 32.7 Å². The topological polar surface area (TPSA) is 51.4 Å². The van der Waals surface area contributed by atoms with Crippen molar-refractivity contribution in [3.05, 3.63) is 10.6 Å². The van der Waals surface area contributed by atoms with Crippen molar-refractivity contribution in [2.75, 3.05) is 25.1 Å². The minimum atomic E-state index is 0.0498. The molecule has 2 rings (SSSR count). The van der Waals surface area contributed by atoms with Crippen LogP contribution in [-0.2, 0) is 16.7 Å². The average molecular weight is 283 g/mol. The monoisotopic (exact) mass is 283 g/mol. The van der Waals surface area contributed by atoms with Crippen LogP contribution in [-0.4, -0.2) is 31.3 Å². The van der Waals surface area contributed by atoms with E-state index in [1.807, 2.05) is 0 Å². The van der Waals surface area contributed by atoms with Gasteiger partial charge in [-0.05, 0) is 12.8 Å². The summed E-state index contributed by atoms with van der Waals surface area (Å²) < 4.78 is 5.69. The summed E-state index contributed by atoms with van der Waals surface area (Å²) in [6.45, 7) is 8.94. The second kappa shape index (κ2) is 5.77. The highest BCUT2D eigenvalue weighted by molar-refractivity contribution is 7.15. The number of likely N-dealkylation sites (N-methyl/N-ethyl adjacent to an activating group) is 1. The van der Waals surface area contributed by atoms with Crippen LogP contribution >= 0.6 is 11.3 Å². The molecule has 19 heavy (non-hydrogen) atoms. The van der Waals surface area contributed by atoms with E-state index in [4.69, 9.17) is 15.5 Å². The SMILES string of the molecule is CN(CC1CCCO1)c1nc(C(C)(C)C)c(CN)s1. The number of anilines is 1. The van der Waals surface area contributed by atoms with Gasteiger partial charge in [0.2, 0.25) is 0 Å². The maximum absolute atomic E-state index is 5.85. The number of hydrogen-bond acceptors (Lipinski definition) is 5. The van der Waals surface area contributed by atoms with Gasteiger partial charge in [0.05, 0.1) is 11.8 Å². The molecule has 0 aromatic carbocycles. The Bertz CT molecular complexity index is 419. The second-order valence-electron chi connectivity index (χ2n) is 6.24. The maximum atomic E-state index is 5.85. The van der Waals surface area contributed by atoms with Gasteiger partial charge in [0.15, 0.2) is 5.13 Å². The molecule has 1 saturated heterocycles. The number of aromatic nitrogens is 1. The Hall–Kier alpha value is -0.650. The van der Waals surface area contributed by atoms with Crippen LogP contribution in [0, 0.1) is 0 Å². The van der Waals surface area contributed by atoms with Crippen molar-refractivity contribution in [2.24, 2.45) is 5.73 Å². The van der Waals surface area contributed by atoms with Crippen molar-refractivity contribution in [1.29, 1.82) is 0 Å². The second-order valence-corrected chi connectivity index (χ2v) is 7.30. The molecule has 4 nitrogen and oxygen atoms in total. The van der Waals surface area contributed by atoms with Crippen molar-refractivity contribution < 1.29 is 4.74 Å². The summed E-state index contributed by atoms with van der Waals surface area (Å²) in [7, 11) is 2.09. The van der Waals surface area contributed by atoms with E-state index in [0.29, 0.717) is 12.6 Å². The first-order valence-corrected chi connectivity index (χ1v) is 7.76. The summed E-state index contributed by atoms with van der Waals surface area (Å²) in [4.78, 5) is 8.20. The molecule has 1 aliphatic heterocycles. The molecule has 1 aromatic heterocycles. The highest BCUT2D eigenvalue weighted by Crippen LogP contribution is 2.33. The lowest BCUT2D eigenvalue weighted by molar-refractivity contribution is 0.116. The Morgan fingerprint density at radius 3 is 2.68 bits per heavy atom. The van der Waals surface area contributed by atoms with E-state index in [1.54, 1.807) is 11.3 Å². The van der Waals surface area contributed by atoms with E-state index in [0.717, 1.165) is 30.4 Å². The number of hydrogen-bond donors (Lipinski definition) is 1. The summed E-state index contributed by atoms with van der Waals surface area (Å²) in [6.07, 6.45) is 2.69. The molecule has 0 aliphatic carbocycles. The van der Waals surface area contributed by atoms with E-state index in [9.17, 15) is 0 Å². The Labute approximate surface area is 120 Å². The minimum absolute atomic E-state index is 0.0498. The molecule has 0 spiro atoms. The maximum Gasteiger partial charge on any atom is 0.185 e. The Morgan fingerprint density at radius 1 is 1.47 bits per heavy atom. The van der Waals surface area contributed by atoms with Gasteiger partial charge in [-0.25, -0.2) is 4.98 Å². The molecular formula is C14H25N3OS. The molecule has 1 unspecified atom stereocenters. The van der Waals surface area contributed by atoms with Gasteiger partial charge in [0.1, 0.15) is 0 Å². The predicted molar refractivity (Wildman–Crippen MR) is 80.9 cm³/mol.